The number of thiazole rings is 1. The molecule has 0 aliphatic heterocycles. The molecule has 7 heteroatoms. The van der Waals surface area contributed by atoms with Gasteiger partial charge in [0.1, 0.15) is 10.7 Å². The van der Waals surface area contributed by atoms with Crippen LogP contribution in [0.4, 0.5) is 0 Å². The Kier molecular flexibility index (Phi) is 7.51. The number of aromatic nitrogens is 1. The van der Waals surface area contributed by atoms with Crippen molar-refractivity contribution < 1.29 is 9.90 Å². The monoisotopic (exact) mass is 307 g/mol. The molecule has 0 aliphatic rings. The van der Waals surface area contributed by atoms with E-state index in [0.717, 1.165) is 5.01 Å². The zero-order valence-electron chi connectivity index (χ0n) is 11.5. The first kappa shape index (κ1) is 18.3. The molecule has 4 N–H and O–H groups in total. The number of nitrogens with zero attached hydrogens (tertiary/aromatic N) is 1. The minimum absolute atomic E-state index is 0. The number of amides is 1. The highest BCUT2D eigenvalue weighted by atomic mass is 35.5. The van der Waals surface area contributed by atoms with Crippen LogP contribution >= 0.6 is 23.7 Å². The number of aliphatic hydroxyl groups is 1. The predicted octanol–water partition coefficient (Wildman–Crippen LogP) is 1.55. The van der Waals surface area contributed by atoms with Crippen molar-refractivity contribution in [3.05, 3.63) is 16.1 Å². The van der Waals surface area contributed by atoms with Crippen molar-refractivity contribution >= 4 is 29.7 Å². The Bertz CT molecular complexity index is 404. The summed E-state index contributed by atoms with van der Waals surface area (Å²) in [5.41, 5.74) is 5.83. The molecule has 0 bridgehead atoms. The largest absolute Gasteiger partial charge is 0.391 e. The number of carbonyl (C=O) groups excluding carboxylic acids is 1. The van der Waals surface area contributed by atoms with Gasteiger partial charge in [0.15, 0.2) is 0 Å². The van der Waals surface area contributed by atoms with Gasteiger partial charge in [-0.2, -0.15) is 0 Å². The van der Waals surface area contributed by atoms with Crippen molar-refractivity contribution in [2.24, 2.45) is 11.1 Å². The van der Waals surface area contributed by atoms with Crippen LogP contribution in [0, 0.1) is 5.41 Å². The van der Waals surface area contributed by atoms with Gasteiger partial charge in [-0.1, -0.05) is 20.8 Å². The van der Waals surface area contributed by atoms with Crippen LogP contribution in [0.15, 0.2) is 5.38 Å². The fourth-order valence-corrected chi connectivity index (χ4v) is 2.24. The number of rotatable bonds is 5. The van der Waals surface area contributed by atoms with Gasteiger partial charge in [0.05, 0.1) is 6.10 Å². The molecule has 0 aliphatic carbocycles. The van der Waals surface area contributed by atoms with E-state index in [1.165, 1.54) is 11.3 Å². The highest BCUT2D eigenvalue weighted by Gasteiger charge is 2.18. The molecule has 0 aromatic carbocycles. The minimum atomic E-state index is -0.540. The number of aliphatic hydroxyl groups excluding tert-OH is 1. The molecular weight excluding hydrogens is 286 g/mol. The van der Waals surface area contributed by atoms with Crippen molar-refractivity contribution in [3.63, 3.8) is 0 Å². The lowest BCUT2D eigenvalue weighted by molar-refractivity contribution is 0.0864. The third-order valence-electron chi connectivity index (χ3n) is 2.31. The van der Waals surface area contributed by atoms with Crippen LogP contribution in [-0.2, 0) is 6.54 Å². The van der Waals surface area contributed by atoms with Crippen molar-refractivity contribution in [2.45, 2.75) is 39.8 Å². The Morgan fingerprint density at radius 3 is 2.68 bits per heavy atom. The van der Waals surface area contributed by atoms with Crippen molar-refractivity contribution in [1.82, 2.24) is 10.3 Å². The van der Waals surface area contributed by atoms with Crippen molar-refractivity contribution in [1.29, 1.82) is 0 Å². The maximum Gasteiger partial charge on any atom is 0.270 e. The smallest absolute Gasteiger partial charge is 0.270 e. The van der Waals surface area contributed by atoms with Gasteiger partial charge in [-0.15, -0.1) is 23.7 Å². The van der Waals surface area contributed by atoms with E-state index in [-0.39, 0.29) is 30.3 Å². The summed E-state index contributed by atoms with van der Waals surface area (Å²) in [6.07, 6.45) is 0.0971. The van der Waals surface area contributed by atoms with E-state index in [9.17, 15) is 9.90 Å². The Hall–Kier alpha value is -0.690. The first-order chi connectivity index (χ1) is 8.31. The summed E-state index contributed by atoms with van der Waals surface area (Å²) in [4.78, 5) is 15.8. The van der Waals surface area contributed by atoms with Crippen LogP contribution < -0.4 is 11.1 Å². The van der Waals surface area contributed by atoms with E-state index in [1.54, 1.807) is 5.38 Å². The molecular formula is C12H22ClN3O2S. The summed E-state index contributed by atoms with van der Waals surface area (Å²) in [6, 6.07) is 0. The number of hydrogen-bond acceptors (Lipinski definition) is 5. The summed E-state index contributed by atoms with van der Waals surface area (Å²) in [5, 5.41) is 14.9. The molecule has 0 radical (unpaired) electrons. The maximum atomic E-state index is 11.7. The second-order valence-electron chi connectivity index (χ2n) is 5.46. The van der Waals surface area contributed by atoms with Crippen LogP contribution in [-0.4, -0.2) is 28.6 Å². The Morgan fingerprint density at radius 2 is 2.21 bits per heavy atom. The summed E-state index contributed by atoms with van der Waals surface area (Å²) in [7, 11) is 0. The number of halogens is 1. The van der Waals surface area contributed by atoms with E-state index in [4.69, 9.17) is 5.73 Å². The third kappa shape index (κ3) is 6.87. The predicted molar refractivity (Wildman–Crippen MR) is 79.7 cm³/mol. The Labute approximate surface area is 124 Å². The molecule has 0 saturated carbocycles. The average molecular weight is 308 g/mol. The molecule has 1 unspecified atom stereocenters. The lowest BCUT2D eigenvalue weighted by Gasteiger charge is -2.22. The molecule has 19 heavy (non-hydrogen) atoms. The molecule has 1 atom stereocenters. The van der Waals surface area contributed by atoms with Gasteiger partial charge in [0.25, 0.3) is 5.91 Å². The van der Waals surface area contributed by atoms with E-state index < -0.39 is 6.10 Å². The quantitative estimate of drug-likeness (QED) is 0.770. The minimum Gasteiger partial charge on any atom is -0.391 e. The molecule has 110 valence electrons. The lowest BCUT2D eigenvalue weighted by atomic mass is 9.89. The van der Waals surface area contributed by atoms with Crippen LogP contribution in [0.25, 0.3) is 0 Å². The molecule has 1 aromatic heterocycles. The lowest BCUT2D eigenvalue weighted by Crippen LogP contribution is -2.34. The average Bonchev–Trinajstić information content (AvgIpc) is 2.72. The van der Waals surface area contributed by atoms with Crippen LogP contribution in [0.3, 0.4) is 0 Å². The van der Waals surface area contributed by atoms with Gasteiger partial charge in [-0.05, 0) is 11.8 Å². The second-order valence-corrected chi connectivity index (χ2v) is 6.40. The molecule has 0 fully saturated rings. The normalized spacial score (nSPS) is 12.7. The van der Waals surface area contributed by atoms with E-state index in [2.05, 4.69) is 10.3 Å². The van der Waals surface area contributed by atoms with Crippen LogP contribution in [0.2, 0.25) is 0 Å². The fourth-order valence-electron chi connectivity index (χ4n) is 1.59. The first-order valence-electron chi connectivity index (χ1n) is 5.92. The molecule has 0 spiro atoms. The zero-order valence-corrected chi connectivity index (χ0v) is 13.1. The molecule has 5 nitrogen and oxygen atoms in total. The summed E-state index contributed by atoms with van der Waals surface area (Å²) in [6.45, 7) is 6.72. The van der Waals surface area contributed by atoms with Gasteiger partial charge in [-0.3, -0.25) is 4.79 Å². The summed E-state index contributed by atoms with van der Waals surface area (Å²) < 4.78 is 0. The summed E-state index contributed by atoms with van der Waals surface area (Å²) >= 11 is 1.36. The van der Waals surface area contributed by atoms with E-state index in [1.807, 2.05) is 20.8 Å². The maximum absolute atomic E-state index is 11.7. The molecule has 1 amide bonds. The Balaban J connectivity index is 0.00000324. The van der Waals surface area contributed by atoms with Gasteiger partial charge in [0.2, 0.25) is 0 Å². The van der Waals surface area contributed by atoms with Gasteiger partial charge >= 0.3 is 0 Å². The zero-order chi connectivity index (χ0) is 13.8. The van der Waals surface area contributed by atoms with Crippen molar-refractivity contribution in [2.75, 3.05) is 6.54 Å². The van der Waals surface area contributed by atoms with E-state index in [0.29, 0.717) is 18.7 Å². The van der Waals surface area contributed by atoms with Crippen LogP contribution in [0.5, 0.6) is 0 Å². The summed E-state index contributed by atoms with van der Waals surface area (Å²) in [5.74, 6) is -0.265. The molecule has 0 saturated heterocycles. The fraction of sp³-hybridized carbons (Fsp3) is 0.667. The second kappa shape index (κ2) is 7.79. The van der Waals surface area contributed by atoms with Gasteiger partial charge in [-0.25, -0.2) is 4.98 Å². The first-order valence-corrected chi connectivity index (χ1v) is 6.80. The van der Waals surface area contributed by atoms with Crippen LogP contribution in [0.1, 0.15) is 42.7 Å². The van der Waals surface area contributed by atoms with Gasteiger partial charge < -0.3 is 16.2 Å². The third-order valence-corrected chi connectivity index (χ3v) is 3.18. The Morgan fingerprint density at radius 1 is 1.58 bits per heavy atom. The highest BCUT2D eigenvalue weighted by molar-refractivity contribution is 7.09. The van der Waals surface area contributed by atoms with Gasteiger partial charge in [0, 0.05) is 18.5 Å². The molecule has 1 rings (SSSR count). The standard InChI is InChI=1S/C12H21N3O2S.ClH/c1-12(2,3)4-8(16)6-14-11(17)9-7-18-10(5-13)15-9;/h7-8,16H,4-6,13H2,1-3H3,(H,14,17);1H. The number of nitrogens with one attached hydrogen (secondary N) is 1. The molecule has 1 aromatic rings. The highest BCUT2D eigenvalue weighted by Crippen LogP contribution is 2.20. The molecule has 1 heterocycles. The van der Waals surface area contributed by atoms with E-state index >= 15 is 0 Å². The topological polar surface area (TPSA) is 88.2 Å². The van der Waals surface area contributed by atoms with Crippen molar-refractivity contribution in [3.8, 4) is 0 Å². The SMILES string of the molecule is CC(C)(C)CC(O)CNC(=O)c1csc(CN)n1.Cl. The number of nitrogens with two attached hydrogens (primary N) is 1. The number of carbonyl (C=O) groups is 1. The number of hydrogen-bond donors (Lipinski definition) is 3.